The largest absolute Gasteiger partial charge is 0.340 e. The van der Waals surface area contributed by atoms with Gasteiger partial charge in [0.2, 0.25) is 5.91 Å². The molecule has 0 bridgehead atoms. The molecular formula is C16H16N4O. The fourth-order valence-electron chi connectivity index (χ4n) is 1.61. The predicted octanol–water partition coefficient (Wildman–Crippen LogP) is 3.29. The summed E-state index contributed by atoms with van der Waals surface area (Å²) in [4.78, 5) is 15.7. The summed E-state index contributed by atoms with van der Waals surface area (Å²) in [6.45, 7) is 3.70. The molecule has 0 aliphatic heterocycles. The number of carbonyl (C=O) groups is 1. The second kappa shape index (κ2) is 6.53. The first-order valence-electron chi connectivity index (χ1n) is 6.62. The van der Waals surface area contributed by atoms with Gasteiger partial charge in [0.15, 0.2) is 0 Å². The fraction of sp³-hybridized carbons (Fsp3) is 0.188. The molecule has 106 valence electrons. The maximum absolute atomic E-state index is 11.6. The number of anilines is 3. The van der Waals surface area contributed by atoms with Crippen LogP contribution < -0.4 is 10.6 Å². The Labute approximate surface area is 123 Å². The summed E-state index contributed by atoms with van der Waals surface area (Å²) >= 11 is 0. The molecule has 2 rings (SSSR count). The summed E-state index contributed by atoms with van der Waals surface area (Å²) in [5.74, 6) is 0.600. The lowest BCUT2D eigenvalue weighted by Gasteiger charge is -2.09. The summed E-state index contributed by atoms with van der Waals surface area (Å²) in [7, 11) is 0. The van der Waals surface area contributed by atoms with Crippen LogP contribution in [0.5, 0.6) is 0 Å². The number of hydrogen-bond acceptors (Lipinski definition) is 4. The van der Waals surface area contributed by atoms with Crippen molar-refractivity contribution < 1.29 is 4.79 Å². The van der Waals surface area contributed by atoms with Crippen LogP contribution in [-0.2, 0) is 4.79 Å². The Morgan fingerprint density at radius 3 is 2.33 bits per heavy atom. The number of hydrogen-bond donors (Lipinski definition) is 2. The van der Waals surface area contributed by atoms with Crippen LogP contribution in [-0.4, -0.2) is 10.9 Å². The monoisotopic (exact) mass is 280 g/mol. The van der Waals surface area contributed by atoms with Gasteiger partial charge in [-0.15, -0.1) is 0 Å². The summed E-state index contributed by atoms with van der Waals surface area (Å²) in [5.41, 5.74) is 2.13. The maximum atomic E-state index is 11.6. The number of rotatable bonds is 4. The van der Waals surface area contributed by atoms with E-state index >= 15 is 0 Å². The first-order valence-corrected chi connectivity index (χ1v) is 6.62. The zero-order chi connectivity index (χ0) is 15.2. The zero-order valence-corrected chi connectivity index (χ0v) is 11.9. The van der Waals surface area contributed by atoms with Crippen LogP contribution in [0.3, 0.4) is 0 Å². The molecule has 5 nitrogen and oxygen atoms in total. The van der Waals surface area contributed by atoms with E-state index in [1.807, 2.05) is 44.2 Å². The Morgan fingerprint density at radius 1 is 1.14 bits per heavy atom. The molecule has 0 saturated carbocycles. The summed E-state index contributed by atoms with van der Waals surface area (Å²) in [6.07, 6.45) is 1.51. The lowest BCUT2D eigenvalue weighted by molar-refractivity contribution is -0.118. The number of carbonyl (C=O) groups excluding carboxylic acids is 1. The number of aromatic nitrogens is 1. The summed E-state index contributed by atoms with van der Waals surface area (Å²) in [6, 6.07) is 12.8. The minimum atomic E-state index is -0.0503. The molecule has 0 saturated heterocycles. The van der Waals surface area contributed by atoms with E-state index < -0.39 is 0 Å². The molecular weight excluding hydrogens is 264 g/mol. The van der Waals surface area contributed by atoms with E-state index in [1.165, 1.54) is 6.20 Å². The Kier molecular flexibility index (Phi) is 4.52. The highest BCUT2D eigenvalue weighted by Gasteiger charge is 2.06. The number of amides is 1. The lowest BCUT2D eigenvalue weighted by atomic mass is 10.2. The molecule has 1 amide bonds. The Hall–Kier alpha value is -2.87. The van der Waals surface area contributed by atoms with E-state index in [0.29, 0.717) is 11.4 Å². The third kappa shape index (κ3) is 4.05. The Morgan fingerprint density at radius 2 is 1.81 bits per heavy atom. The molecule has 0 aliphatic rings. The average Bonchev–Trinajstić information content (AvgIpc) is 2.50. The predicted molar refractivity (Wildman–Crippen MR) is 82.1 cm³/mol. The minimum Gasteiger partial charge on any atom is -0.340 e. The first-order chi connectivity index (χ1) is 10.1. The Balaban J connectivity index is 2.02. The molecule has 1 aromatic carbocycles. The van der Waals surface area contributed by atoms with Crippen molar-refractivity contribution in [3.05, 3.63) is 48.2 Å². The van der Waals surface area contributed by atoms with Gasteiger partial charge < -0.3 is 10.6 Å². The van der Waals surface area contributed by atoms with Gasteiger partial charge in [-0.2, -0.15) is 5.26 Å². The van der Waals surface area contributed by atoms with Gasteiger partial charge in [-0.05, 0) is 36.4 Å². The normalized spacial score (nSPS) is 10.0. The number of nitrogens with one attached hydrogen (secondary N) is 2. The Bertz CT molecular complexity index is 654. The highest BCUT2D eigenvalue weighted by atomic mass is 16.1. The fourth-order valence-corrected chi connectivity index (χ4v) is 1.61. The third-order valence-corrected chi connectivity index (χ3v) is 2.84. The van der Waals surface area contributed by atoms with Crippen LogP contribution >= 0.6 is 0 Å². The van der Waals surface area contributed by atoms with E-state index in [2.05, 4.69) is 15.6 Å². The van der Waals surface area contributed by atoms with Crippen molar-refractivity contribution in [2.75, 3.05) is 10.6 Å². The highest BCUT2D eigenvalue weighted by Crippen LogP contribution is 2.18. The highest BCUT2D eigenvalue weighted by molar-refractivity contribution is 5.92. The topological polar surface area (TPSA) is 77.8 Å². The molecule has 0 aliphatic carbocycles. The van der Waals surface area contributed by atoms with Crippen molar-refractivity contribution in [2.24, 2.45) is 5.92 Å². The number of nitrogens with zero attached hydrogens (tertiary/aromatic N) is 2. The minimum absolute atomic E-state index is 0.00975. The van der Waals surface area contributed by atoms with Gasteiger partial charge in [0, 0.05) is 23.5 Å². The third-order valence-electron chi connectivity index (χ3n) is 2.84. The molecule has 21 heavy (non-hydrogen) atoms. The van der Waals surface area contributed by atoms with Gasteiger partial charge in [-0.1, -0.05) is 13.8 Å². The van der Waals surface area contributed by atoms with Crippen molar-refractivity contribution in [1.29, 1.82) is 5.26 Å². The molecule has 0 fully saturated rings. The smallest absolute Gasteiger partial charge is 0.226 e. The molecule has 2 N–H and O–H groups in total. The van der Waals surface area contributed by atoms with E-state index in [1.54, 1.807) is 12.1 Å². The lowest BCUT2D eigenvalue weighted by Crippen LogP contribution is -2.17. The van der Waals surface area contributed by atoms with Crippen molar-refractivity contribution in [3.63, 3.8) is 0 Å². The van der Waals surface area contributed by atoms with E-state index in [9.17, 15) is 4.79 Å². The van der Waals surface area contributed by atoms with Gasteiger partial charge in [0.25, 0.3) is 0 Å². The van der Waals surface area contributed by atoms with Gasteiger partial charge in [0.05, 0.1) is 5.56 Å². The SMILES string of the molecule is CC(C)C(=O)Nc1ccc(Nc2ccc(C#N)cn2)cc1. The molecule has 0 spiro atoms. The van der Waals surface area contributed by atoms with Crippen molar-refractivity contribution in [2.45, 2.75) is 13.8 Å². The molecule has 0 unspecified atom stereocenters. The number of nitriles is 1. The molecule has 0 radical (unpaired) electrons. The number of pyridine rings is 1. The molecule has 2 aromatic rings. The van der Waals surface area contributed by atoms with Crippen molar-refractivity contribution >= 4 is 23.1 Å². The molecule has 1 heterocycles. The van der Waals surface area contributed by atoms with Gasteiger partial charge >= 0.3 is 0 Å². The van der Waals surface area contributed by atoms with Crippen molar-refractivity contribution in [1.82, 2.24) is 4.98 Å². The second-order valence-electron chi connectivity index (χ2n) is 4.89. The van der Waals surface area contributed by atoms with Crippen LogP contribution in [0.15, 0.2) is 42.6 Å². The summed E-state index contributed by atoms with van der Waals surface area (Å²) < 4.78 is 0. The van der Waals surface area contributed by atoms with Crippen LogP contribution in [0.2, 0.25) is 0 Å². The van der Waals surface area contributed by atoms with Crippen LogP contribution in [0.4, 0.5) is 17.2 Å². The number of benzene rings is 1. The van der Waals surface area contributed by atoms with E-state index in [0.717, 1.165) is 11.4 Å². The average molecular weight is 280 g/mol. The first kappa shape index (κ1) is 14.5. The maximum Gasteiger partial charge on any atom is 0.226 e. The molecule has 0 atom stereocenters. The van der Waals surface area contributed by atoms with Crippen molar-refractivity contribution in [3.8, 4) is 6.07 Å². The van der Waals surface area contributed by atoms with Crippen LogP contribution in [0, 0.1) is 17.2 Å². The van der Waals surface area contributed by atoms with E-state index in [4.69, 9.17) is 5.26 Å². The van der Waals surface area contributed by atoms with Crippen LogP contribution in [0.1, 0.15) is 19.4 Å². The quantitative estimate of drug-likeness (QED) is 0.900. The zero-order valence-electron chi connectivity index (χ0n) is 11.9. The second-order valence-corrected chi connectivity index (χ2v) is 4.89. The van der Waals surface area contributed by atoms with Gasteiger partial charge in [0.1, 0.15) is 11.9 Å². The van der Waals surface area contributed by atoms with Crippen LogP contribution in [0.25, 0.3) is 0 Å². The molecule has 1 aromatic heterocycles. The standard InChI is InChI=1S/C16H16N4O/c1-11(2)16(21)20-14-6-4-13(5-7-14)19-15-8-3-12(9-17)10-18-15/h3-8,10-11H,1-2H3,(H,18,19)(H,20,21). The van der Waals surface area contributed by atoms with E-state index in [-0.39, 0.29) is 11.8 Å². The summed E-state index contributed by atoms with van der Waals surface area (Å²) in [5, 5.41) is 14.7. The van der Waals surface area contributed by atoms with Gasteiger partial charge in [-0.3, -0.25) is 4.79 Å². The van der Waals surface area contributed by atoms with Gasteiger partial charge in [-0.25, -0.2) is 4.98 Å². The molecule has 5 heteroatoms.